The lowest BCUT2D eigenvalue weighted by atomic mass is 9.88. The van der Waals surface area contributed by atoms with Crippen molar-refractivity contribution in [2.75, 3.05) is 12.0 Å². The van der Waals surface area contributed by atoms with Gasteiger partial charge in [-0.15, -0.1) is 0 Å². The van der Waals surface area contributed by atoms with E-state index in [-0.39, 0.29) is 23.9 Å². The summed E-state index contributed by atoms with van der Waals surface area (Å²) in [6, 6.07) is 20.3. The van der Waals surface area contributed by atoms with Crippen LogP contribution in [0, 0.1) is 17.0 Å². The SMILES string of the molecule is COc1ccc(C2=Cc3ccc([N+](=O)[O-])cc3C(CC(C)=O)N2c2ccc(C)cc2)cc1. The van der Waals surface area contributed by atoms with Gasteiger partial charge in [-0.2, -0.15) is 0 Å². The molecule has 162 valence electrons. The van der Waals surface area contributed by atoms with Gasteiger partial charge in [-0.1, -0.05) is 17.7 Å². The zero-order chi connectivity index (χ0) is 22.8. The standard InChI is InChI=1S/C26H24N2O4/c1-17-4-9-21(10-5-17)27-25(19-7-12-23(32-3)13-8-19)15-20-6-11-22(28(30)31)16-24(20)26(27)14-18(2)29/h4-13,15-16,26H,14H2,1-3H3. The number of carbonyl (C=O) groups excluding carboxylic acids is 1. The van der Waals surface area contributed by atoms with E-state index in [9.17, 15) is 14.9 Å². The molecular weight excluding hydrogens is 404 g/mol. The Balaban J connectivity index is 1.95. The molecule has 0 amide bonds. The van der Waals surface area contributed by atoms with Crippen molar-refractivity contribution in [2.24, 2.45) is 0 Å². The van der Waals surface area contributed by atoms with Crippen molar-refractivity contribution >= 4 is 28.9 Å². The summed E-state index contributed by atoms with van der Waals surface area (Å²) in [5.41, 5.74) is 5.58. The van der Waals surface area contributed by atoms with Gasteiger partial charge in [0.05, 0.1) is 18.1 Å². The van der Waals surface area contributed by atoms with E-state index in [1.165, 1.54) is 6.07 Å². The van der Waals surface area contributed by atoms with Gasteiger partial charge in [-0.3, -0.25) is 14.9 Å². The Labute approximate surface area is 186 Å². The first-order chi connectivity index (χ1) is 15.4. The van der Waals surface area contributed by atoms with Gasteiger partial charge >= 0.3 is 0 Å². The number of ketones is 1. The van der Waals surface area contributed by atoms with E-state index in [2.05, 4.69) is 4.90 Å². The number of anilines is 1. The van der Waals surface area contributed by atoms with Crippen LogP contribution in [0.25, 0.3) is 11.8 Å². The zero-order valence-electron chi connectivity index (χ0n) is 18.2. The van der Waals surface area contributed by atoms with E-state index in [1.54, 1.807) is 26.2 Å². The number of fused-ring (bicyclic) bond motifs is 1. The number of benzene rings is 3. The highest BCUT2D eigenvalue weighted by molar-refractivity contribution is 5.95. The minimum atomic E-state index is -0.399. The number of carbonyl (C=O) groups is 1. The van der Waals surface area contributed by atoms with Gasteiger partial charge in [-0.25, -0.2) is 0 Å². The fourth-order valence-corrected chi connectivity index (χ4v) is 4.10. The molecule has 6 heteroatoms. The molecule has 6 nitrogen and oxygen atoms in total. The Morgan fingerprint density at radius 3 is 2.34 bits per heavy atom. The molecule has 0 N–H and O–H groups in total. The van der Waals surface area contributed by atoms with Gasteiger partial charge in [0.15, 0.2) is 0 Å². The minimum Gasteiger partial charge on any atom is -0.497 e. The number of nitrogens with zero attached hydrogens (tertiary/aromatic N) is 2. The molecule has 1 unspecified atom stereocenters. The fraction of sp³-hybridized carbons (Fsp3) is 0.192. The number of Topliss-reactive ketones (excluding diaryl/α,β-unsaturated/α-hetero) is 1. The van der Waals surface area contributed by atoms with Crippen LogP contribution in [0.1, 0.15) is 41.6 Å². The molecule has 0 fully saturated rings. The second-order valence-corrected chi connectivity index (χ2v) is 7.96. The van der Waals surface area contributed by atoms with Gasteiger partial charge < -0.3 is 9.64 Å². The van der Waals surface area contributed by atoms with E-state index in [1.807, 2.05) is 61.5 Å². The number of hydrogen-bond donors (Lipinski definition) is 0. The smallest absolute Gasteiger partial charge is 0.269 e. The summed E-state index contributed by atoms with van der Waals surface area (Å²) in [4.78, 5) is 25.5. The Bertz CT molecular complexity index is 1200. The molecule has 0 saturated heterocycles. The van der Waals surface area contributed by atoms with Crippen molar-refractivity contribution in [1.82, 2.24) is 0 Å². The lowest BCUT2D eigenvalue weighted by Crippen LogP contribution is -2.32. The quantitative estimate of drug-likeness (QED) is 0.358. The number of methoxy groups -OCH3 is 1. The van der Waals surface area contributed by atoms with Crippen LogP contribution in [-0.4, -0.2) is 17.8 Å². The summed E-state index contributed by atoms with van der Waals surface area (Å²) in [7, 11) is 1.62. The molecule has 0 spiro atoms. The second-order valence-electron chi connectivity index (χ2n) is 7.96. The van der Waals surface area contributed by atoms with Gasteiger partial charge in [0, 0.05) is 29.9 Å². The largest absolute Gasteiger partial charge is 0.497 e. The first kappa shape index (κ1) is 21.3. The van der Waals surface area contributed by atoms with Gasteiger partial charge in [-0.05, 0) is 79.1 Å². The third-order valence-corrected chi connectivity index (χ3v) is 5.68. The molecule has 0 bridgehead atoms. The highest BCUT2D eigenvalue weighted by Crippen LogP contribution is 2.44. The average Bonchev–Trinajstić information content (AvgIpc) is 2.79. The average molecular weight is 428 g/mol. The van der Waals surface area contributed by atoms with E-state index in [4.69, 9.17) is 4.74 Å². The van der Waals surface area contributed by atoms with Crippen molar-refractivity contribution in [2.45, 2.75) is 26.3 Å². The molecule has 3 aromatic rings. The van der Waals surface area contributed by atoms with E-state index in [0.717, 1.165) is 39.4 Å². The number of ether oxygens (including phenoxy) is 1. The zero-order valence-corrected chi connectivity index (χ0v) is 18.2. The van der Waals surface area contributed by atoms with E-state index >= 15 is 0 Å². The number of nitro groups is 1. The summed E-state index contributed by atoms with van der Waals surface area (Å²) in [6.45, 7) is 3.57. The van der Waals surface area contributed by atoms with Crippen molar-refractivity contribution in [3.63, 3.8) is 0 Å². The van der Waals surface area contributed by atoms with Crippen LogP contribution >= 0.6 is 0 Å². The van der Waals surface area contributed by atoms with Crippen molar-refractivity contribution < 1.29 is 14.5 Å². The minimum absolute atomic E-state index is 0.0144. The molecule has 1 atom stereocenters. The molecule has 0 saturated carbocycles. The maximum atomic E-state index is 12.3. The first-order valence-corrected chi connectivity index (χ1v) is 10.4. The molecule has 1 aliphatic heterocycles. The first-order valence-electron chi connectivity index (χ1n) is 10.4. The summed E-state index contributed by atoms with van der Waals surface area (Å²) >= 11 is 0. The Kier molecular flexibility index (Phi) is 5.77. The predicted octanol–water partition coefficient (Wildman–Crippen LogP) is 5.95. The maximum Gasteiger partial charge on any atom is 0.269 e. The fourth-order valence-electron chi connectivity index (χ4n) is 4.10. The molecule has 0 radical (unpaired) electrons. The van der Waals surface area contributed by atoms with Crippen LogP contribution in [0.2, 0.25) is 0 Å². The second kappa shape index (κ2) is 8.67. The molecule has 1 aliphatic rings. The van der Waals surface area contributed by atoms with Crippen LogP contribution in [0.5, 0.6) is 5.75 Å². The number of hydrogen-bond acceptors (Lipinski definition) is 5. The van der Waals surface area contributed by atoms with Gasteiger partial charge in [0.25, 0.3) is 5.69 Å². The number of nitro benzene ring substituents is 1. The number of rotatable bonds is 6. The third kappa shape index (κ3) is 4.12. The normalized spacial score (nSPS) is 15.0. The molecule has 0 aliphatic carbocycles. The Hall–Kier alpha value is -3.93. The van der Waals surface area contributed by atoms with E-state index in [0.29, 0.717) is 0 Å². The molecule has 0 aromatic heterocycles. The van der Waals surface area contributed by atoms with Crippen LogP contribution < -0.4 is 9.64 Å². The van der Waals surface area contributed by atoms with Crippen LogP contribution in [0.15, 0.2) is 66.7 Å². The Morgan fingerprint density at radius 2 is 1.75 bits per heavy atom. The van der Waals surface area contributed by atoms with E-state index < -0.39 is 4.92 Å². The molecule has 1 heterocycles. The lowest BCUT2D eigenvalue weighted by molar-refractivity contribution is -0.384. The monoisotopic (exact) mass is 428 g/mol. The number of aryl methyl sites for hydroxylation is 1. The summed E-state index contributed by atoms with van der Waals surface area (Å²) in [5.74, 6) is 0.768. The van der Waals surface area contributed by atoms with Crippen LogP contribution in [-0.2, 0) is 4.79 Å². The van der Waals surface area contributed by atoms with Gasteiger partial charge in [0.2, 0.25) is 0 Å². The molecule has 4 rings (SSSR count). The molecule has 32 heavy (non-hydrogen) atoms. The van der Waals surface area contributed by atoms with Gasteiger partial charge in [0.1, 0.15) is 11.5 Å². The topological polar surface area (TPSA) is 72.7 Å². The third-order valence-electron chi connectivity index (χ3n) is 5.68. The predicted molar refractivity (Wildman–Crippen MR) is 126 cm³/mol. The summed E-state index contributed by atoms with van der Waals surface area (Å²) in [5, 5.41) is 11.4. The van der Waals surface area contributed by atoms with Crippen molar-refractivity contribution in [1.29, 1.82) is 0 Å². The molecular formula is C26H24N2O4. The molecule has 3 aromatic carbocycles. The Morgan fingerprint density at radius 1 is 1.06 bits per heavy atom. The highest BCUT2D eigenvalue weighted by atomic mass is 16.6. The lowest BCUT2D eigenvalue weighted by Gasteiger charge is -2.39. The van der Waals surface area contributed by atoms with Crippen LogP contribution in [0.3, 0.4) is 0 Å². The van der Waals surface area contributed by atoms with Crippen LogP contribution in [0.4, 0.5) is 11.4 Å². The maximum absolute atomic E-state index is 12.3. The summed E-state index contributed by atoms with van der Waals surface area (Å²) in [6.07, 6.45) is 2.26. The number of non-ortho nitro benzene ring substituents is 1. The van der Waals surface area contributed by atoms with Crippen molar-refractivity contribution in [3.05, 3.63) is 99.1 Å². The highest BCUT2D eigenvalue weighted by Gasteiger charge is 2.32. The van der Waals surface area contributed by atoms with Crippen molar-refractivity contribution in [3.8, 4) is 5.75 Å². The summed E-state index contributed by atoms with van der Waals surface area (Å²) < 4.78 is 5.31.